The zero-order chi connectivity index (χ0) is 28.0. The number of anilines is 2. The molecule has 0 radical (unpaired) electrons. The summed E-state index contributed by atoms with van der Waals surface area (Å²) in [6.07, 6.45) is 2.49. The van der Waals surface area contributed by atoms with E-state index in [1.807, 2.05) is 30.6 Å². The summed E-state index contributed by atoms with van der Waals surface area (Å²) in [5.74, 6) is 0.753. The Morgan fingerprint density at radius 3 is 2.70 bits per heavy atom. The summed E-state index contributed by atoms with van der Waals surface area (Å²) in [6.45, 7) is 5.15. The summed E-state index contributed by atoms with van der Waals surface area (Å²) in [6, 6.07) is 7.62. The first-order valence-corrected chi connectivity index (χ1v) is 14.0. The highest BCUT2D eigenvalue weighted by Gasteiger charge is 2.34. The number of rotatable bonds is 2. The van der Waals surface area contributed by atoms with Crippen LogP contribution in [0.3, 0.4) is 0 Å². The van der Waals surface area contributed by atoms with Crippen molar-refractivity contribution in [2.45, 2.75) is 38.3 Å². The van der Waals surface area contributed by atoms with E-state index in [0.29, 0.717) is 31.8 Å². The lowest BCUT2D eigenvalue weighted by Gasteiger charge is -2.38. The second kappa shape index (κ2) is 10.6. The number of fused-ring (bicyclic) bond motifs is 4. The van der Waals surface area contributed by atoms with Gasteiger partial charge in [-0.3, -0.25) is 9.59 Å². The fourth-order valence-electron chi connectivity index (χ4n) is 5.77. The van der Waals surface area contributed by atoms with Gasteiger partial charge in [-0.15, -0.1) is 0 Å². The standard InChI is InChI=1S/C28H35FN8O3/c1-3-34-11-10-33(2)26-14-24(35-15-19(30)16-35)31-25-13-21(32-37(25)26)22-6-4-5-9-36(22)28(39)20-12-18(29)7-8-23(20)40-17-27(34)38/h7-8,12-14,19,22H,3-6,9-11,15-17,30H2,1-2H3. The number of nitrogens with zero attached hydrogens (tertiary/aromatic N) is 7. The smallest absolute Gasteiger partial charge is 0.260 e. The Morgan fingerprint density at radius 1 is 1.10 bits per heavy atom. The number of nitrogens with two attached hydrogens (primary N) is 1. The van der Waals surface area contributed by atoms with Crippen LogP contribution in [-0.2, 0) is 4.79 Å². The number of carbonyl (C=O) groups excluding carboxylic acids is 2. The number of amides is 2. The number of hydrogen-bond donors (Lipinski definition) is 1. The molecule has 0 spiro atoms. The normalized spacial score (nSPS) is 20.9. The first-order valence-electron chi connectivity index (χ1n) is 14.0. The van der Waals surface area contributed by atoms with Crippen LogP contribution in [0, 0.1) is 5.82 Å². The SMILES string of the molecule is CCN1CCN(C)c2cc(N3CC(N)C3)nc3cc(nn23)C2CCCCN2C(=O)c2cc(F)ccc2OCC1=O. The highest BCUT2D eigenvalue weighted by molar-refractivity contribution is 5.97. The van der Waals surface area contributed by atoms with Crippen molar-refractivity contribution in [1.82, 2.24) is 24.4 Å². The number of aromatic nitrogens is 3. The van der Waals surface area contributed by atoms with Gasteiger partial charge in [-0.1, -0.05) is 0 Å². The molecule has 2 aromatic heterocycles. The summed E-state index contributed by atoms with van der Waals surface area (Å²) >= 11 is 0. The van der Waals surface area contributed by atoms with Gasteiger partial charge in [0.25, 0.3) is 11.8 Å². The van der Waals surface area contributed by atoms with Crippen LogP contribution in [0.4, 0.5) is 16.0 Å². The van der Waals surface area contributed by atoms with E-state index in [0.717, 1.165) is 49.7 Å². The van der Waals surface area contributed by atoms with Gasteiger partial charge in [-0.25, -0.2) is 9.37 Å². The number of benzene rings is 1. The number of halogens is 1. The molecule has 2 bridgehead atoms. The van der Waals surface area contributed by atoms with E-state index < -0.39 is 5.82 Å². The molecule has 1 atom stereocenters. The first-order chi connectivity index (χ1) is 19.3. The van der Waals surface area contributed by atoms with E-state index in [1.165, 1.54) is 18.2 Å². The van der Waals surface area contributed by atoms with Gasteiger partial charge in [0.2, 0.25) is 0 Å². The van der Waals surface area contributed by atoms with Crippen molar-refractivity contribution >= 4 is 29.1 Å². The zero-order valence-electron chi connectivity index (χ0n) is 22.9. The topological polar surface area (TPSA) is 113 Å². The fourth-order valence-corrected chi connectivity index (χ4v) is 5.77. The number of likely N-dealkylation sites (N-methyl/N-ethyl adjacent to an activating group) is 2. The first kappa shape index (κ1) is 26.3. The summed E-state index contributed by atoms with van der Waals surface area (Å²) in [7, 11) is 1.97. The lowest BCUT2D eigenvalue weighted by atomic mass is 9.98. The molecule has 0 saturated carbocycles. The van der Waals surface area contributed by atoms with E-state index in [2.05, 4.69) is 9.80 Å². The molecule has 2 fully saturated rings. The summed E-state index contributed by atoms with van der Waals surface area (Å²) in [5, 5.41) is 4.97. The van der Waals surface area contributed by atoms with Gasteiger partial charge in [-0.05, 0) is 44.4 Å². The second-order valence-corrected chi connectivity index (χ2v) is 10.8. The van der Waals surface area contributed by atoms with E-state index in [9.17, 15) is 14.0 Å². The molecule has 5 heterocycles. The highest BCUT2D eigenvalue weighted by atomic mass is 19.1. The van der Waals surface area contributed by atoms with Gasteiger partial charge in [0.1, 0.15) is 23.2 Å². The Morgan fingerprint density at radius 2 is 1.93 bits per heavy atom. The number of piperidine rings is 1. The van der Waals surface area contributed by atoms with Crippen LogP contribution >= 0.6 is 0 Å². The minimum atomic E-state index is -0.539. The highest BCUT2D eigenvalue weighted by Crippen LogP contribution is 2.35. The molecule has 11 nitrogen and oxygen atoms in total. The molecule has 3 aliphatic heterocycles. The number of hydrogen-bond acceptors (Lipinski definition) is 8. The molecule has 1 unspecified atom stereocenters. The molecule has 1 aromatic carbocycles. The van der Waals surface area contributed by atoms with Crippen molar-refractivity contribution in [1.29, 1.82) is 0 Å². The molecule has 3 aliphatic rings. The van der Waals surface area contributed by atoms with Crippen molar-refractivity contribution < 1.29 is 18.7 Å². The monoisotopic (exact) mass is 550 g/mol. The average molecular weight is 551 g/mol. The van der Waals surface area contributed by atoms with Crippen molar-refractivity contribution in [3.05, 3.63) is 47.4 Å². The van der Waals surface area contributed by atoms with E-state index in [1.54, 1.807) is 9.80 Å². The Hall–Kier alpha value is -3.93. The Labute approximate surface area is 232 Å². The third-order valence-corrected chi connectivity index (χ3v) is 8.11. The van der Waals surface area contributed by atoms with Gasteiger partial charge < -0.3 is 30.1 Å². The molecular formula is C28H35FN8O3. The van der Waals surface area contributed by atoms with Gasteiger partial charge in [0.15, 0.2) is 12.3 Å². The summed E-state index contributed by atoms with van der Waals surface area (Å²) in [5.41, 5.74) is 7.58. The molecule has 212 valence electrons. The molecule has 2 N–H and O–H groups in total. The molecule has 2 amide bonds. The van der Waals surface area contributed by atoms with Crippen LogP contribution in [0.25, 0.3) is 5.65 Å². The minimum Gasteiger partial charge on any atom is -0.483 e. The zero-order valence-corrected chi connectivity index (χ0v) is 22.9. The van der Waals surface area contributed by atoms with Gasteiger partial charge in [0, 0.05) is 64.5 Å². The van der Waals surface area contributed by atoms with Crippen molar-refractivity contribution in [3.63, 3.8) is 0 Å². The maximum absolute atomic E-state index is 14.4. The molecule has 3 aromatic rings. The molecule has 6 rings (SSSR count). The van der Waals surface area contributed by atoms with Gasteiger partial charge in [-0.2, -0.15) is 9.61 Å². The van der Waals surface area contributed by atoms with Crippen LogP contribution in [0.1, 0.15) is 48.3 Å². The molecule has 0 aliphatic carbocycles. The van der Waals surface area contributed by atoms with Crippen molar-refractivity contribution in [3.8, 4) is 5.75 Å². The van der Waals surface area contributed by atoms with Crippen LogP contribution < -0.4 is 20.3 Å². The molecule has 40 heavy (non-hydrogen) atoms. The Kier molecular flexibility index (Phi) is 6.95. The van der Waals surface area contributed by atoms with Crippen molar-refractivity contribution in [2.75, 3.05) is 62.7 Å². The summed E-state index contributed by atoms with van der Waals surface area (Å²) in [4.78, 5) is 39.6. The third kappa shape index (κ3) is 4.80. The number of carbonyl (C=O) groups is 2. The van der Waals surface area contributed by atoms with Crippen LogP contribution in [0.2, 0.25) is 0 Å². The Bertz CT molecular complexity index is 1440. The quantitative estimate of drug-likeness (QED) is 0.516. The molecule has 12 heteroatoms. The fraction of sp³-hybridized carbons (Fsp3) is 0.500. The van der Waals surface area contributed by atoms with Crippen LogP contribution in [0.15, 0.2) is 30.3 Å². The van der Waals surface area contributed by atoms with E-state index in [4.69, 9.17) is 20.6 Å². The van der Waals surface area contributed by atoms with Crippen LogP contribution in [0.5, 0.6) is 5.75 Å². The van der Waals surface area contributed by atoms with Crippen LogP contribution in [-0.4, -0.2) is 95.2 Å². The largest absolute Gasteiger partial charge is 0.483 e. The van der Waals surface area contributed by atoms with Gasteiger partial charge in [0.05, 0.1) is 17.3 Å². The molecular weight excluding hydrogens is 515 g/mol. The minimum absolute atomic E-state index is 0.105. The van der Waals surface area contributed by atoms with Gasteiger partial charge >= 0.3 is 0 Å². The summed E-state index contributed by atoms with van der Waals surface area (Å²) < 4.78 is 22.0. The lowest BCUT2D eigenvalue weighted by molar-refractivity contribution is -0.133. The second-order valence-electron chi connectivity index (χ2n) is 10.8. The third-order valence-electron chi connectivity index (χ3n) is 8.11. The van der Waals surface area contributed by atoms with E-state index in [-0.39, 0.29) is 41.8 Å². The van der Waals surface area contributed by atoms with E-state index >= 15 is 0 Å². The predicted octanol–water partition coefficient (Wildman–Crippen LogP) is 2.06. The number of ether oxygens (including phenoxy) is 1. The molecule has 2 saturated heterocycles. The predicted molar refractivity (Wildman–Crippen MR) is 148 cm³/mol. The average Bonchev–Trinajstić information content (AvgIpc) is 3.37. The van der Waals surface area contributed by atoms with Crippen molar-refractivity contribution in [2.24, 2.45) is 5.73 Å². The Balaban J connectivity index is 1.47. The lowest BCUT2D eigenvalue weighted by Crippen LogP contribution is -2.56. The maximum atomic E-state index is 14.4. The maximum Gasteiger partial charge on any atom is 0.260 e.